The van der Waals surface area contributed by atoms with Gasteiger partial charge in [0.15, 0.2) is 0 Å². The number of carbonyl (C=O) groups is 1. The van der Waals surface area contributed by atoms with Gasteiger partial charge in [-0.1, -0.05) is 18.7 Å². The van der Waals surface area contributed by atoms with E-state index in [0.29, 0.717) is 16.5 Å². The van der Waals surface area contributed by atoms with Crippen LogP contribution in [0.1, 0.15) is 35.7 Å². The van der Waals surface area contributed by atoms with Crippen LogP contribution in [0.15, 0.2) is 5.03 Å². The van der Waals surface area contributed by atoms with Crippen LogP contribution in [0, 0.1) is 13.8 Å². The summed E-state index contributed by atoms with van der Waals surface area (Å²) < 4.78 is 0. The molecule has 0 saturated heterocycles. The number of aliphatic hydroxyl groups is 1. The fraction of sp³-hybridized carbons (Fsp3) is 0.545. The largest absolute Gasteiger partial charge is 0.478 e. The number of aliphatic hydroxyl groups excluding tert-OH is 1. The van der Waals surface area contributed by atoms with Gasteiger partial charge in [0.05, 0.1) is 11.8 Å². The quantitative estimate of drug-likeness (QED) is 0.629. The summed E-state index contributed by atoms with van der Waals surface area (Å²) in [6.45, 7) is 6.86. The van der Waals surface area contributed by atoms with Crippen molar-refractivity contribution >= 4 is 17.7 Å². The molecule has 1 rings (SSSR count). The predicted molar refractivity (Wildman–Crippen MR) is 65.5 cm³/mol. The molecule has 0 aliphatic rings. The third-order valence-corrected chi connectivity index (χ3v) is 3.64. The van der Waals surface area contributed by atoms with Gasteiger partial charge < -0.3 is 10.2 Å². The number of carboxylic acid groups (broad SMARTS) is 1. The fourth-order valence-electron chi connectivity index (χ4n) is 1.29. The van der Waals surface area contributed by atoms with Crippen molar-refractivity contribution in [2.75, 3.05) is 0 Å². The van der Waals surface area contributed by atoms with E-state index in [1.54, 1.807) is 20.8 Å². The van der Waals surface area contributed by atoms with Gasteiger partial charge in [-0.25, -0.2) is 14.8 Å². The van der Waals surface area contributed by atoms with Crippen molar-refractivity contribution in [3.8, 4) is 0 Å². The molecule has 2 unspecified atom stereocenters. The molecule has 6 heteroatoms. The second-order valence-electron chi connectivity index (χ2n) is 3.91. The van der Waals surface area contributed by atoms with Crippen molar-refractivity contribution in [3.63, 3.8) is 0 Å². The Hall–Kier alpha value is -1.14. The molecule has 0 aliphatic carbocycles. The Bertz CT molecular complexity index is 435. The van der Waals surface area contributed by atoms with Crippen LogP contribution < -0.4 is 0 Å². The average molecular weight is 256 g/mol. The number of aromatic nitrogens is 2. The standard InChI is InChI=1S/C11H16N2O3S/c1-5-9(11(15)16)10(13-8(4)12-5)17-7(3)6(2)14/h6-7,14H,1-4H3,(H,15,16). The van der Waals surface area contributed by atoms with Gasteiger partial charge in [0.2, 0.25) is 0 Å². The zero-order chi connectivity index (χ0) is 13.2. The Labute approximate surface area is 104 Å². The molecule has 0 saturated carbocycles. The van der Waals surface area contributed by atoms with E-state index in [2.05, 4.69) is 9.97 Å². The Morgan fingerprint density at radius 3 is 2.35 bits per heavy atom. The highest BCUT2D eigenvalue weighted by Crippen LogP contribution is 2.28. The van der Waals surface area contributed by atoms with Gasteiger partial charge in [0.25, 0.3) is 0 Å². The Kier molecular flexibility index (Phi) is 4.47. The molecular formula is C11H16N2O3S. The normalized spacial score (nSPS) is 14.4. The third kappa shape index (κ3) is 3.41. The number of hydrogen-bond donors (Lipinski definition) is 2. The highest BCUT2D eigenvalue weighted by molar-refractivity contribution is 8.00. The number of rotatable bonds is 4. The first-order chi connectivity index (χ1) is 7.82. The molecule has 2 atom stereocenters. The molecule has 1 aromatic heterocycles. The lowest BCUT2D eigenvalue weighted by Crippen LogP contribution is -2.17. The highest BCUT2D eigenvalue weighted by atomic mass is 32.2. The first kappa shape index (κ1) is 13.9. The molecule has 1 aromatic rings. The van der Waals surface area contributed by atoms with Crippen LogP contribution in [-0.4, -0.2) is 37.5 Å². The Morgan fingerprint density at radius 1 is 1.29 bits per heavy atom. The number of carboxylic acids is 1. The van der Waals surface area contributed by atoms with Crippen molar-refractivity contribution in [2.45, 2.75) is 44.1 Å². The molecule has 0 radical (unpaired) electrons. The molecule has 0 aromatic carbocycles. The molecular weight excluding hydrogens is 240 g/mol. The van der Waals surface area contributed by atoms with E-state index in [4.69, 9.17) is 5.11 Å². The Morgan fingerprint density at radius 2 is 1.88 bits per heavy atom. The van der Waals surface area contributed by atoms with E-state index in [1.807, 2.05) is 6.92 Å². The SMILES string of the molecule is Cc1nc(C)c(C(=O)O)c(SC(C)C(C)O)n1. The monoisotopic (exact) mass is 256 g/mol. The van der Waals surface area contributed by atoms with Gasteiger partial charge in [0, 0.05) is 5.25 Å². The molecule has 94 valence electrons. The van der Waals surface area contributed by atoms with Crippen LogP contribution in [-0.2, 0) is 0 Å². The maximum absolute atomic E-state index is 11.1. The maximum Gasteiger partial charge on any atom is 0.340 e. The molecule has 0 spiro atoms. The van der Waals surface area contributed by atoms with Crippen LogP contribution in [0.2, 0.25) is 0 Å². The van der Waals surface area contributed by atoms with Crippen molar-refractivity contribution in [2.24, 2.45) is 0 Å². The first-order valence-corrected chi connectivity index (χ1v) is 6.14. The smallest absolute Gasteiger partial charge is 0.340 e. The molecule has 1 heterocycles. The number of hydrogen-bond acceptors (Lipinski definition) is 5. The number of aromatic carboxylic acids is 1. The van der Waals surface area contributed by atoms with Crippen molar-refractivity contribution in [1.82, 2.24) is 9.97 Å². The van der Waals surface area contributed by atoms with E-state index in [-0.39, 0.29) is 10.8 Å². The summed E-state index contributed by atoms with van der Waals surface area (Å²) in [5, 5.41) is 18.9. The lowest BCUT2D eigenvalue weighted by molar-refractivity contribution is 0.0690. The van der Waals surface area contributed by atoms with Crippen LogP contribution in [0.3, 0.4) is 0 Å². The zero-order valence-corrected chi connectivity index (χ0v) is 11.1. The minimum Gasteiger partial charge on any atom is -0.478 e. The molecule has 0 amide bonds. The van der Waals surface area contributed by atoms with E-state index >= 15 is 0 Å². The molecule has 0 aliphatic heterocycles. The van der Waals surface area contributed by atoms with Gasteiger partial charge in [0.1, 0.15) is 16.4 Å². The summed E-state index contributed by atoms with van der Waals surface area (Å²) in [7, 11) is 0. The summed E-state index contributed by atoms with van der Waals surface area (Å²) in [4.78, 5) is 19.3. The zero-order valence-electron chi connectivity index (χ0n) is 10.3. The molecule has 0 bridgehead atoms. The predicted octanol–water partition coefficient (Wildman–Crippen LogP) is 1.65. The summed E-state index contributed by atoms with van der Waals surface area (Å²) >= 11 is 1.25. The van der Waals surface area contributed by atoms with Crippen LogP contribution in [0.25, 0.3) is 0 Å². The fourth-order valence-corrected chi connectivity index (χ4v) is 2.37. The summed E-state index contributed by atoms with van der Waals surface area (Å²) in [5.74, 6) is -0.504. The number of aryl methyl sites for hydroxylation is 2. The topological polar surface area (TPSA) is 83.3 Å². The summed E-state index contributed by atoms with van der Waals surface area (Å²) in [5.41, 5.74) is 0.568. The Balaban J connectivity index is 3.17. The molecule has 2 N–H and O–H groups in total. The lowest BCUT2D eigenvalue weighted by atomic mass is 10.2. The number of thioether (sulfide) groups is 1. The van der Waals surface area contributed by atoms with Crippen LogP contribution >= 0.6 is 11.8 Å². The minimum atomic E-state index is -1.04. The van der Waals surface area contributed by atoms with Gasteiger partial charge in [-0.3, -0.25) is 0 Å². The van der Waals surface area contributed by atoms with Gasteiger partial charge >= 0.3 is 5.97 Å². The number of nitrogens with zero attached hydrogens (tertiary/aromatic N) is 2. The van der Waals surface area contributed by atoms with Crippen molar-refractivity contribution in [3.05, 3.63) is 17.1 Å². The van der Waals surface area contributed by atoms with Crippen molar-refractivity contribution < 1.29 is 15.0 Å². The lowest BCUT2D eigenvalue weighted by Gasteiger charge is -2.15. The molecule has 5 nitrogen and oxygen atoms in total. The summed E-state index contributed by atoms with van der Waals surface area (Å²) in [6.07, 6.45) is -0.530. The van der Waals surface area contributed by atoms with E-state index < -0.39 is 12.1 Å². The summed E-state index contributed by atoms with van der Waals surface area (Å²) in [6, 6.07) is 0. The highest BCUT2D eigenvalue weighted by Gasteiger charge is 2.21. The molecule has 0 fully saturated rings. The van der Waals surface area contributed by atoms with Crippen LogP contribution in [0.5, 0.6) is 0 Å². The van der Waals surface area contributed by atoms with Crippen molar-refractivity contribution in [1.29, 1.82) is 0 Å². The van der Waals surface area contributed by atoms with Gasteiger partial charge in [-0.2, -0.15) is 0 Å². The minimum absolute atomic E-state index is 0.119. The van der Waals surface area contributed by atoms with E-state index in [0.717, 1.165) is 0 Å². The maximum atomic E-state index is 11.1. The van der Waals surface area contributed by atoms with E-state index in [9.17, 15) is 9.90 Å². The molecule has 17 heavy (non-hydrogen) atoms. The van der Waals surface area contributed by atoms with Gasteiger partial charge in [-0.05, 0) is 20.8 Å². The second kappa shape index (κ2) is 5.46. The van der Waals surface area contributed by atoms with E-state index in [1.165, 1.54) is 11.8 Å². The average Bonchev–Trinajstić information content (AvgIpc) is 2.14. The van der Waals surface area contributed by atoms with Gasteiger partial charge in [-0.15, -0.1) is 0 Å². The first-order valence-electron chi connectivity index (χ1n) is 5.26. The second-order valence-corrected chi connectivity index (χ2v) is 5.27. The third-order valence-electron chi connectivity index (χ3n) is 2.36. The van der Waals surface area contributed by atoms with Crippen LogP contribution in [0.4, 0.5) is 0 Å².